The molecule has 3 aliphatic rings. The first-order valence-corrected chi connectivity index (χ1v) is 14.7. The van der Waals surface area contributed by atoms with Crippen LogP contribution in [0.4, 0.5) is 18.9 Å². The van der Waals surface area contributed by atoms with Crippen LogP contribution in [0, 0.1) is 29.3 Å². The zero-order valence-corrected chi connectivity index (χ0v) is 22.9. The van der Waals surface area contributed by atoms with E-state index in [9.17, 15) is 41.7 Å². The van der Waals surface area contributed by atoms with Crippen molar-refractivity contribution in [2.45, 2.75) is 53.6 Å². The van der Waals surface area contributed by atoms with Gasteiger partial charge in [-0.3, -0.25) is 9.78 Å². The Hall–Kier alpha value is -3.03. The zero-order valence-electron chi connectivity index (χ0n) is 21.3. The van der Waals surface area contributed by atoms with Gasteiger partial charge in [0.05, 0.1) is 26.9 Å². The molecular weight excluding hydrogens is 585 g/mol. The van der Waals surface area contributed by atoms with Crippen LogP contribution < -0.4 is 5.32 Å². The highest BCUT2D eigenvalue weighted by molar-refractivity contribution is 7.92. The lowest BCUT2D eigenvalue weighted by Gasteiger charge is -2.59. The van der Waals surface area contributed by atoms with E-state index in [0.29, 0.717) is 24.1 Å². The van der Waals surface area contributed by atoms with Gasteiger partial charge in [-0.2, -0.15) is 0 Å². The number of benzene rings is 2. The lowest BCUT2D eigenvalue weighted by molar-refractivity contribution is -0.200. The van der Waals surface area contributed by atoms with Gasteiger partial charge in [-0.1, -0.05) is 17.7 Å². The number of rotatable bonds is 8. The first-order valence-electron chi connectivity index (χ1n) is 12.8. The maximum atomic E-state index is 13.6. The van der Waals surface area contributed by atoms with E-state index in [0.717, 1.165) is 6.07 Å². The second-order valence-corrected chi connectivity index (χ2v) is 13.2. The molecule has 3 fully saturated rings. The molecule has 218 valence electrons. The minimum Gasteiger partial charge on any atom is -0.390 e. The van der Waals surface area contributed by atoms with Crippen molar-refractivity contribution in [2.75, 3.05) is 5.32 Å². The van der Waals surface area contributed by atoms with Gasteiger partial charge in [0, 0.05) is 47.8 Å². The van der Waals surface area contributed by atoms with Crippen LogP contribution in [0.5, 0.6) is 0 Å². The van der Waals surface area contributed by atoms with Gasteiger partial charge in [0.15, 0.2) is 27.3 Å². The molecule has 0 saturated heterocycles. The van der Waals surface area contributed by atoms with Crippen molar-refractivity contribution in [2.24, 2.45) is 11.8 Å². The fourth-order valence-electron chi connectivity index (χ4n) is 5.94. The fraction of sp³-hybridized carbons (Fsp3) is 0.357. The number of halogens is 4. The first-order chi connectivity index (χ1) is 19.3. The molecule has 41 heavy (non-hydrogen) atoms. The van der Waals surface area contributed by atoms with Crippen LogP contribution in [0.25, 0.3) is 0 Å². The number of aromatic nitrogens is 1. The Bertz CT molecular complexity index is 1560. The lowest BCUT2D eigenvalue weighted by Crippen LogP contribution is -2.63. The molecule has 13 heteroatoms. The summed E-state index contributed by atoms with van der Waals surface area (Å²) in [5, 5.41) is 33.6. The number of anilines is 1. The molecule has 1 amide bonds. The van der Waals surface area contributed by atoms with Crippen molar-refractivity contribution in [3.8, 4) is 0 Å². The zero-order chi connectivity index (χ0) is 29.7. The van der Waals surface area contributed by atoms with E-state index < -0.39 is 68.1 Å². The van der Waals surface area contributed by atoms with Crippen molar-refractivity contribution in [1.29, 1.82) is 0 Å². The Morgan fingerprint density at radius 2 is 1.73 bits per heavy atom. The van der Waals surface area contributed by atoms with Crippen molar-refractivity contribution in [3.05, 3.63) is 88.5 Å². The fourth-order valence-corrected chi connectivity index (χ4v) is 8.34. The second-order valence-electron chi connectivity index (χ2n) is 10.6. The highest BCUT2D eigenvalue weighted by Gasteiger charge is 2.60. The third-order valence-corrected chi connectivity index (χ3v) is 10.8. The number of fused-ring (bicyclic) bond motifs is 2. The number of nitrogens with one attached hydrogen (secondary N) is 1. The van der Waals surface area contributed by atoms with Gasteiger partial charge >= 0.3 is 0 Å². The molecule has 1 heterocycles. The van der Waals surface area contributed by atoms with Crippen molar-refractivity contribution in [1.82, 2.24) is 4.98 Å². The molecule has 4 N–H and O–H groups in total. The number of carbonyl (C=O) groups is 1. The van der Waals surface area contributed by atoms with E-state index in [4.69, 9.17) is 11.6 Å². The quantitative estimate of drug-likeness (QED) is 0.281. The number of carbonyl (C=O) groups excluding carboxylic acids is 1. The Labute approximate surface area is 238 Å². The van der Waals surface area contributed by atoms with Crippen LogP contribution in [0.3, 0.4) is 0 Å². The molecule has 6 rings (SSSR count). The second kappa shape index (κ2) is 11.0. The Balaban J connectivity index is 1.30. The number of aliphatic hydroxyl groups is 3. The Morgan fingerprint density at radius 1 is 1.07 bits per heavy atom. The van der Waals surface area contributed by atoms with E-state index in [1.54, 1.807) is 12.1 Å². The van der Waals surface area contributed by atoms with E-state index in [1.807, 2.05) is 0 Å². The number of sulfone groups is 1. The largest absolute Gasteiger partial charge is 0.390 e. The number of amides is 1. The molecule has 4 unspecified atom stereocenters. The highest BCUT2D eigenvalue weighted by Crippen LogP contribution is 2.58. The van der Waals surface area contributed by atoms with E-state index in [-0.39, 0.29) is 40.4 Å². The molecule has 3 saturated carbocycles. The van der Waals surface area contributed by atoms with Crippen molar-refractivity contribution in [3.63, 3.8) is 0 Å². The SMILES string of the molecule is O=C(Nc1cc(F)c(F)c(F)c1)c1ccc(Cl)c(S(=O)(=O)C2CC3CC(C2)C3(O)CC(O)C(O)c2cccnc2)c1. The summed E-state index contributed by atoms with van der Waals surface area (Å²) in [6.07, 6.45) is 0.925. The molecule has 3 aliphatic carbocycles. The van der Waals surface area contributed by atoms with Crippen LogP contribution in [0.2, 0.25) is 5.02 Å². The van der Waals surface area contributed by atoms with Crippen LogP contribution in [-0.2, 0) is 9.84 Å². The summed E-state index contributed by atoms with van der Waals surface area (Å²) in [5.74, 6) is -6.51. The van der Waals surface area contributed by atoms with Crippen LogP contribution in [0.15, 0.2) is 59.8 Å². The van der Waals surface area contributed by atoms with E-state index in [2.05, 4.69) is 10.3 Å². The van der Waals surface area contributed by atoms with Gasteiger partial charge in [-0.05, 0) is 55.4 Å². The maximum absolute atomic E-state index is 13.6. The molecule has 2 aromatic carbocycles. The number of pyridine rings is 1. The van der Waals surface area contributed by atoms with Crippen LogP contribution in [0.1, 0.15) is 47.7 Å². The summed E-state index contributed by atoms with van der Waals surface area (Å²) in [6.45, 7) is 0. The summed E-state index contributed by atoms with van der Waals surface area (Å²) >= 11 is 6.22. The van der Waals surface area contributed by atoms with Crippen LogP contribution in [-0.4, -0.2) is 51.6 Å². The summed E-state index contributed by atoms with van der Waals surface area (Å²) in [7, 11) is -4.09. The van der Waals surface area contributed by atoms with Gasteiger partial charge < -0.3 is 20.6 Å². The topological polar surface area (TPSA) is 137 Å². The van der Waals surface area contributed by atoms with Gasteiger partial charge in [-0.15, -0.1) is 0 Å². The minimum atomic E-state index is -4.09. The van der Waals surface area contributed by atoms with Crippen molar-refractivity contribution < 1.29 is 41.7 Å². The van der Waals surface area contributed by atoms with Gasteiger partial charge in [0.25, 0.3) is 5.91 Å². The van der Waals surface area contributed by atoms with Crippen LogP contribution >= 0.6 is 11.6 Å². The molecule has 0 spiro atoms. The predicted molar refractivity (Wildman–Crippen MR) is 142 cm³/mol. The summed E-state index contributed by atoms with van der Waals surface area (Å²) in [6, 6.07) is 7.90. The number of aliphatic hydroxyl groups excluding tert-OH is 2. The number of hydrogen-bond donors (Lipinski definition) is 4. The molecule has 4 atom stereocenters. The normalized spacial score (nSPS) is 25.2. The molecule has 8 nitrogen and oxygen atoms in total. The minimum absolute atomic E-state index is 0.0753. The lowest BCUT2D eigenvalue weighted by atomic mass is 9.52. The average molecular weight is 611 g/mol. The molecular formula is C28H26ClF3N2O6S. The molecule has 0 aliphatic heterocycles. The molecule has 3 aromatic rings. The smallest absolute Gasteiger partial charge is 0.255 e. The third-order valence-electron chi connectivity index (χ3n) is 8.18. The van der Waals surface area contributed by atoms with Gasteiger partial charge in [0.1, 0.15) is 6.10 Å². The highest BCUT2D eigenvalue weighted by atomic mass is 35.5. The molecule has 1 aromatic heterocycles. The maximum Gasteiger partial charge on any atom is 0.255 e. The standard InChI is InChI=1S/C28H26ClF3N2O6S/c29-20-4-3-14(27(37)34-18-10-21(30)25(32)22(31)11-18)6-24(20)41(39,40)19-8-16-7-17(9-19)28(16,38)12-23(35)26(36)15-2-1-5-33-13-15/h1-6,10-11,13,16-17,19,23,26,35-36,38H,7-9,12H2,(H,34,37). The van der Waals surface area contributed by atoms with E-state index >= 15 is 0 Å². The van der Waals surface area contributed by atoms with Gasteiger partial charge in [0.2, 0.25) is 0 Å². The molecule has 0 radical (unpaired) electrons. The Kier molecular flexibility index (Phi) is 7.90. The number of nitrogens with zero attached hydrogens (tertiary/aromatic N) is 1. The first kappa shape index (κ1) is 29.5. The van der Waals surface area contributed by atoms with Gasteiger partial charge in [-0.25, -0.2) is 21.6 Å². The van der Waals surface area contributed by atoms with E-state index in [1.165, 1.54) is 24.5 Å². The Morgan fingerprint density at radius 3 is 2.34 bits per heavy atom. The summed E-state index contributed by atoms with van der Waals surface area (Å²) in [4.78, 5) is 16.3. The monoisotopic (exact) mass is 610 g/mol. The summed E-state index contributed by atoms with van der Waals surface area (Å²) < 4.78 is 67.6. The average Bonchev–Trinajstić information content (AvgIpc) is 2.95. The predicted octanol–water partition coefficient (Wildman–Crippen LogP) is 4.19. The number of hydrogen-bond acceptors (Lipinski definition) is 7. The van der Waals surface area contributed by atoms with Crippen molar-refractivity contribution >= 4 is 33.0 Å². The molecule has 2 bridgehead atoms. The summed E-state index contributed by atoms with van der Waals surface area (Å²) in [5.41, 5.74) is -1.50. The third kappa shape index (κ3) is 5.46.